The SMILES string of the molecule is O=C(NC1CC1)c1cccc(NC(=O)N2C[C@@H]3CN4CCCC[C@@H]4[C@@H]3C2)c1. The van der Waals surface area contributed by atoms with Gasteiger partial charge in [-0.3, -0.25) is 9.69 Å². The normalized spacial score (nSPS) is 29.9. The van der Waals surface area contributed by atoms with E-state index >= 15 is 0 Å². The van der Waals surface area contributed by atoms with Gasteiger partial charge in [0.15, 0.2) is 0 Å². The van der Waals surface area contributed by atoms with Crippen molar-refractivity contribution in [2.45, 2.75) is 44.2 Å². The molecule has 3 aliphatic heterocycles. The van der Waals surface area contributed by atoms with Crippen LogP contribution in [0.4, 0.5) is 10.5 Å². The van der Waals surface area contributed by atoms with E-state index in [1.807, 2.05) is 17.0 Å². The first-order valence-corrected chi connectivity index (χ1v) is 10.4. The maximum Gasteiger partial charge on any atom is 0.321 e. The molecule has 6 heteroatoms. The van der Waals surface area contributed by atoms with E-state index in [1.54, 1.807) is 12.1 Å². The summed E-state index contributed by atoms with van der Waals surface area (Å²) >= 11 is 0. The molecule has 0 radical (unpaired) electrons. The predicted octanol–water partition coefficient (Wildman–Crippen LogP) is 2.53. The van der Waals surface area contributed by atoms with Crippen molar-refractivity contribution in [2.24, 2.45) is 11.8 Å². The van der Waals surface area contributed by atoms with Gasteiger partial charge in [0, 0.05) is 43.0 Å². The van der Waals surface area contributed by atoms with Crippen LogP contribution < -0.4 is 10.6 Å². The van der Waals surface area contributed by atoms with Crippen LogP contribution in [-0.4, -0.2) is 60.0 Å². The van der Waals surface area contributed by atoms with E-state index in [0.717, 1.165) is 32.5 Å². The molecule has 144 valence electrons. The van der Waals surface area contributed by atoms with Gasteiger partial charge in [-0.15, -0.1) is 0 Å². The number of carbonyl (C=O) groups excluding carboxylic acids is 2. The molecule has 0 aromatic heterocycles. The van der Waals surface area contributed by atoms with E-state index in [-0.39, 0.29) is 11.9 Å². The number of amides is 3. The van der Waals surface area contributed by atoms with Crippen LogP contribution in [-0.2, 0) is 0 Å². The highest BCUT2D eigenvalue weighted by molar-refractivity contribution is 5.97. The third-order valence-corrected chi connectivity index (χ3v) is 6.69. The molecule has 0 spiro atoms. The molecule has 3 heterocycles. The van der Waals surface area contributed by atoms with Gasteiger partial charge in [0.2, 0.25) is 0 Å². The lowest BCUT2D eigenvalue weighted by Gasteiger charge is -2.33. The van der Waals surface area contributed by atoms with Crippen LogP contribution in [0.15, 0.2) is 24.3 Å². The smallest absolute Gasteiger partial charge is 0.321 e. The van der Waals surface area contributed by atoms with Crippen molar-refractivity contribution in [1.29, 1.82) is 0 Å². The average Bonchev–Trinajstić information content (AvgIpc) is 3.27. The second-order valence-corrected chi connectivity index (χ2v) is 8.65. The summed E-state index contributed by atoms with van der Waals surface area (Å²) < 4.78 is 0. The molecule has 3 amide bonds. The molecule has 1 aliphatic carbocycles. The number of benzene rings is 1. The molecule has 4 fully saturated rings. The first kappa shape index (κ1) is 17.0. The highest BCUT2D eigenvalue weighted by atomic mass is 16.2. The molecule has 2 N–H and O–H groups in total. The monoisotopic (exact) mass is 368 g/mol. The predicted molar refractivity (Wildman–Crippen MR) is 104 cm³/mol. The van der Waals surface area contributed by atoms with Crippen LogP contribution in [0.25, 0.3) is 0 Å². The number of rotatable bonds is 3. The summed E-state index contributed by atoms with van der Waals surface area (Å²) in [6, 6.07) is 8.23. The molecular weight excluding hydrogens is 340 g/mol. The molecule has 3 saturated heterocycles. The molecule has 6 nitrogen and oxygen atoms in total. The van der Waals surface area contributed by atoms with Gasteiger partial charge in [0.05, 0.1) is 0 Å². The van der Waals surface area contributed by atoms with Crippen LogP contribution >= 0.6 is 0 Å². The molecule has 27 heavy (non-hydrogen) atoms. The number of nitrogens with one attached hydrogen (secondary N) is 2. The van der Waals surface area contributed by atoms with Gasteiger partial charge in [-0.25, -0.2) is 4.79 Å². The van der Waals surface area contributed by atoms with Gasteiger partial charge < -0.3 is 15.5 Å². The lowest BCUT2D eigenvalue weighted by molar-refractivity contribution is 0.0951. The van der Waals surface area contributed by atoms with Gasteiger partial charge >= 0.3 is 6.03 Å². The summed E-state index contributed by atoms with van der Waals surface area (Å²) in [6.45, 7) is 4.10. The molecule has 1 aromatic rings. The minimum atomic E-state index is -0.0540. The second-order valence-electron chi connectivity index (χ2n) is 8.65. The Hall–Kier alpha value is -2.08. The Kier molecular flexibility index (Phi) is 4.31. The molecule has 3 atom stereocenters. The number of hydrogen-bond acceptors (Lipinski definition) is 3. The Bertz CT molecular complexity index is 747. The highest BCUT2D eigenvalue weighted by Gasteiger charge is 2.48. The Balaban J connectivity index is 1.21. The number of piperidine rings is 1. The van der Waals surface area contributed by atoms with Gasteiger partial charge in [-0.2, -0.15) is 0 Å². The number of fused-ring (bicyclic) bond motifs is 3. The Morgan fingerprint density at radius 2 is 1.93 bits per heavy atom. The van der Waals surface area contributed by atoms with Crippen LogP contribution in [0, 0.1) is 11.8 Å². The lowest BCUT2D eigenvalue weighted by atomic mass is 9.90. The van der Waals surface area contributed by atoms with Crippen LogP contribution in [0.1, 0.15) is 42.5 Å². The minimum Gasteiger partial charge on any atom is -0.349 e. The zero-order valence-electron chi connectivity index (χ0n) is 15.7. The topological polar surface area (TPSA) is 64.7 Å². The van der Waals surface area contributed by atoms with Crippen molar-refractivity contribution in [3.63, 3.8) is 0 Å². The number of likely N-dealkylation sites (tertiary alicyclic amines) is 1. The van der Waals surface area contributed by atoms with E-state index in [9.17, 15) is 9.59 Å². The van der Waals surface area contributed by atoms with Gasteiger partial charge in [-0.05, 0) is 62.3 Å². The van der Waals surface area contributed by atoms with E-state index < -0.39 is 0 Å². The summed E-state index contributed by atoms with van der Waals surface area (Å²) in [6.07, 6.45) is 6.07. The van der Waals surface area contributed by atoms with Crippen LogP contribution in [0.2, 0.25) is 0 Å². The fourth-order valence-electron chi connectivity index (χ4n) is 5.16. The van der Waals surface area contributed by atoms with Crippen LogP contribution in [0.3, 0.4) is 0 Å². The zero-order valence-corrected chi connectivity index (χ0v) is 15.7. The standard InChI is InChI=1S/C21H28N4O2/c26-20(22-16-7-8-16)14-4-3-5-17(10-14)23-21(27)25-12-15-11-24-9-2-1-6-19(24)18(15)13-25/h3-5,10,15-16,18-19H,1-2,6-9,11-13H2,(H,22,26)(H,23,27)/t15-,18+,19+/m0/s1. The van der Waals surface area contributed by atoms with Crippen molar-refractivity contribution in [1.82, 2.24) is 15.1 Å². The van der Waals surface area contributed by atoms with Crippen molar-refractivity contribution in [3.8, 4) is 0 Å². The lowest BCUT2D eigenvalue weighted by Crippen LogP contribution is -2.41. The number of hydrogen-bond donors (Lipinski definition) is 2. The van der Waals surface area contributed by atoms with Crippen LogP contribution in [0.5, 0.6) is 0 Å². The van der Waals surface area contributed by atoms with Crippen molar-refractivity contribution < 1.29 is 9.59 Å². The van der Waals surface area contributed by atoms with Gasteiger partial charge in [-0.1, -0.05) is 12.5 Å². The Labute approximate surface area is 160 Å². The number of urea groups is 1. The van der Waals surface area contributed by atoms with Crippen molar-refractivity contribution in [3.05, 3.63) is 29.8 Å². The quantitative estimate of drug-likeness (QED) is 0.862. The summed E-state index contributed by atoms with van der Waals surface area (Å²) in [5, 5.41) is 6.00. The molecular formula is C21H28N4O2. The van der Waals surface area contributed by atoms with Crippen molar-refractivity contribution in [2.75, 3.05) is 31.5 Å². The van der Waals surface area contributed by atoms with Gasteiger partial charge in [0.25, 0.3) is 5.91 Å². The molecule has 0 bridgehead atoms. The molecule has 1 saturated carbocycles. The average molecular weight is 368 g/mol. The summed E-state index contributed by atoms with van der Waals surface area (Å²) in [7, 11) is 0. The Morgan fingerprint density at radius 1 is 1.04 bits per heavy atom. The molecule has 4 aliphatic rings. The number of anilines is 1. The third kappa shape index (κ3) is 3.43. The van der Waals surface area contributed by atoms with E-state index in [2.05, 4.69) is 15.5 Å². The maximum atomic E-state index is 12.8. The molecule has 1 aromatic carbocycles. The van der Waals surface area contributed by atoms with Crippen molar-refractivity contribution >= 4 is 17.6 Å². The highest BCUT2D eigenvalue weighted by Crippen LogP contribution is 2.40. The first-order valence-electron chi connectivity index (χ1n) is 10.4. The number of nitrogens with zero attached hydrogens (tertiary/aromatic N) is 2. The first-order chi connectivity index (χ1) is 13.2. The zero-order chi connectivity index (χ0) is 18.4. The van der Waals surface area contributed by atoms with E-state index in [0.29, 0.717) is 35.2 Å². The minimum absolute atomic E-state index is 0.0356. The molecule has 0 unspecified atom stereocenters. The van der Waals surface area contributed by atoms with E-state index in [1.165, 1.54) is 25.8 Å². The number of carbonyl (C=O) groups is 2. The Morgan fingerprint density at radius 3 is 2.78 bits per heavy atom. The largest absolute Gasteiger partial charge is 0.349 e. The fourth-order valence-corrected chi connectivity index (χ4v) is 5.16. The van der Waals surface area contributed by atoms with E-state index in [4.69, 9.17) is 0 Å². The maximum absolute atomic E-state index is 12.8. The molecule has 5 rings (SSSR count). The second kappa shape index (κ2) is 6.82. The fraction of sp³-hybridized carbons (Fsp3) is 0.619. The third-order valence-electron chi connectivity index (χ3n) is 6.69. The van der Waals surface area contributed by atoms with Gasteiger partial charge in [0.1, 0.15) is 0 Å². The summed E-state index contributed by atoms with van der Waals surface area (Å²) in [5.74, 6) is 1.20. The summed E-state index contributed by atoms with van der Waals surface area (Å²) in [5.41, 5.74) is 1.30. The summed E-state index contributed by atoms with van der Waals surface area (Å²) in [4.78, 5) is 29.6.